The summed E-state index contributed by atoms with van der Waals surface area (Å²) in [5.41, 5.74) is -0.265. The van der Waals surface area contributed by atoms with Crippen LogP contribution in [0.2, 0.25) is 0 Å². The molecule has 28 heavy (non-hydrogen) atoms. The van der Waals surface area contributed by atoms with E-state index in [-0.39, 0.29) is 17.7 Å². The van der Waals surface area contributed by atoms with Crippen LogP contribution in [-0.4, -0.2) is 54.0 Å². The van der Waals surface area contributed by atoms with Gasteiger partial charge in [0, 0.05) is 26.1 Å². The number of carboxylic acid groups (broad SMARTS) is 1. The fourth-order valence-electron chi connectivity index (χ4n) is 4.46. The number of benzene rings is 1. The monoisotopic (exact) mass is 388 g/mol. The first-order valence-corrected chi connectivity index (χ1v) is 9.99. The lowest BCUT2D eigenvalue weighted by molar-refractivity contribution is -0.149. The second-order valence-electron chi connectivity index (χ2n) is 7.61. The van der Waals surface area contributed by atoms with Crippen molar-refractivity contribution in [2.45, 2.75) is 39.0 Å². The number of carbonyl (C=O) groups excluding carboxylic acids is 2. The van der Waals surface area contributed by atoms with Gasteiger partial charge < -0.3 is 20.1 Å². The number of fused-ring (bicyclic) bond motifs is 1. The largest absolute Gasteiger partial charge is 0.493 e. The number of carbonyl (C=O) groups is 3. The van der Waals surface area contributed by atoms with Gasteiger partial charge in [0.15, 0.2) is 0 Å². The molecular formula is C21H28N2O5. The first kappa shape index (κ1) is 20.2. The molecule has 1 aromatic rings. The van der Waals surface area contributed by atoms with E-state index in [0.717, 1.165) is 12.8 Å². The summed E-state index contributed by atoms with van der Waals surface area (Å²) >= 11 is 0. The summed E-state index contributed by atoms with van der Waals surface area (Å²) in [7, 11) is 0. The zero-order valence-corrected chi connectivity index (χ0v) is 16.3. The van der Waals surface area contributed by atoms with Crippen LogP contribution in [0.25, 0.3) is 0 Å². The number of hydrogen-bond donors (Lipinski definition) is 2. The molecule has 1 aliphatic carbocycles. The predicted octanol–water partition coefficient (Wildman–Crippen LogP) is 2.31. The highest BCUT2D eigenvalue weighted by molar-refractivity contribution is 5.96. The van der Waals surface area contributed by atoms with Crippen molar-refractivity contribution >= 4 is 17.8 Å². The lowest BCUT2D eigenvalue weighted by Crippen LogP contribution is -2.37. The molecule has 7 heteroatoms. The summed E-state index contributed by atoms with van der Waals surface area (Å²) < 4.78 is 5.47. The maximum Gasteiger partial charge on any atom is 0.311 e. The van der Waals surface area contributed by atoms with Gasteiger partial charge in [-0.05, 0) is 44.2 Å². The highest BCUT2D eigenvalue weighted by Gasteiger charge is 2.55. The Hall–Kier alpha value is -2.57. The van der Waals surface area contributed by atoms with Crippen molar-refractivity contribution in [1.82, 2.24) is 10.2 Å². The number of ether oxygens (including phenoxy) is 1. The Morgan fingerprint density at radius 1 is 1.32 bits per heavy atom. The van der Waals surface area contributed by atoms with E-state index in [1.165, 1.54) is 0 Å². The van der Waals surface area contributed by atoms with E-state index in [1.54, 1.807) is 23.1 Å². The summed E-state index contributed by atoms with van der Waals surface area (Å²) in [6.45, 7) is 3.58. The SMILES string of the molecule is CCOc1ccccc1C(=O)NCCCC(=O)N1C[C@@H]2CCC[C@@]2(C(=O)O)C1. The van der Waals surface area contributed by atoms with Gasteiger partial charge in [-0.25, -0.2) is 0 Å². The fourth-order valence-corrected chi connectivity index (χ4v) is 4.46. The molecule has 3 rings (SSSR count). The molecule has 0 unspecified atom stereocenters. The number of carboxylic acids is 1. The molecule has 2 atom stereocenters. The van der Waals surface area contributed by atoms with E-state index in [4.69, 9.17) is 4.74 Å². The van der Waals surface area contributed by atoms with Crippen molar-refractivity contribution in [2.24, 2.45) is 11.3 Å². The highest BCUT2D eigenvalue weighted by atomic mass is 16.5. The molecule has 152 valence electrons. The summed E-state index contributed by atoms with van der Waals surface area (Å²) in [5.74, 6) is -0.411. The minimum atomic E-state index is -0.773. The van der Waals surface area contributed by atoms with Crippen molar-refractivity contribution in [1.29, 1.82) is 0 Å². The van der Waals surface area contributed by atoms with Gasteiger partial charge in [0.25, 0.3) is 5.91 Å². The Bertz CT molecular complexity index is 750. The van der Waals surface area contributed by atoms with E-state index in [1.807, 2.05) is 13.0 Å². The second kappa shape index (κ2) is 8.63. The van der Waals surface area contributed by atoms with Gasteiger partial charge in [-0.1, -0.05) is 18.6 Å². The topological polar surface area (TPSA) is 95.9 Å². The van der Waals surface area contributed by atoms with Gasteiger partial charge in [0.1, 0.15) is 5.75 Å². The van der Waals surface area contributed by atoms with Gasteiger partial charge >= 0.3 is 5.97 Å². The molecule has 0 radical (unpaired) electrons. The summed E-state index contributed by atoms with van der Waals surface area (Å²) in [5, 5.41) is 12.4. The van der Waals surface area contributed by atoms with E-state index >= 15 is 0 Å². The predicted molar refractivity (Wildman–Crippen MR) is 103 cm³/mol. The second-order valence-corrected chi connectivity index (χ2v) is 7.61. The number of amides is 2. The van der Waals surface area contributed by atoms with E-state index in [0.29, 0.717) is 56.8 Å². The van der Waals surface area contributed by atoms with Crippen molar-refractivity contribution in [3.8, 4) is 5.75 Å². The molecule has 1 aliphatic heterocycles. The van der Waals surface area contributed by atoms with Crippen LogP contribution in [0.4, 0.5) is 0 Å². The standard InChI is InChI=1S/C21H28N2O5/c1-2-28-17-9-4-3-8-16(17)19(25)22-12-6-10-18(24)23-13-15-7-5-11-21(15,14-23)20(26)27/h3-4,8-9,15H,2,5-7,10-14H2,1H3,(H,22,25)(H,26,27)/t15-,21+/m0/s1. The van der Waals surface area contributed by atoms with Crippen LogP contribution >= 0.6 is 0 Å². The van der Waals surface area contributed by atoms with Crippen LogP contribution in [0.15, 0.2) is 24.3 Å². The fraction of sp³-hybridized carbons (Fsp3) is 0.571. The summed E-state index contributed by atoms with van der Waals surface area (Å²) in [6.07, 6.45) is 3.28. The number of aliphatic carboxylic acids is 1. The molecule has 2 N–H and O–H groups in total. The Morgan fingerprint density at radius 3 is 2.82 bits per heavy atom. The molecule has 0 spiro atoms. The van der Waals surface area contributed by atoms with Crippen molar-refractivity contribution < 1.29 is 24.2 Å². The Balaban J connectivity index is 1.45. The first-order chi connectivity index (χ1) is 13.5. The van der Waals surface area contributed by atoms with E-state index in [9.17, 15) is 19.5 Å². The molecular weight excluding hydrogens is 360 g/mol. The molecule has 1 saturated carbocycles. The van der Waals surface area contributed by atoms with Gasteiger partial charge in [-0.15, -0.1) is 0 Å². The van der Waals surface area contributed by atoms with Crippen LogP contribution < -0.4 is 10.1 Å². The summed E-state index contributed by atoms with van der Waals surface area (Å²) in [4.78, 5) is 38.3. The molecule has 0 aromatic heterocycles. The van der Waals surface area contributed by atoms with Crippen molar-refractivity contribution in [3.63, 3.8) is 0 Å². The van der Waals surface area contributed by atoms with Gasteiger partial charge in [-0.2, -0.15) is 0 Å². The third-order valence-corrected chi connectivity index (χ3v) is 5.93. The molecule has 2 amide bonds. The van der Waals surface area contributed by atoms with Crippen LogP contribution in [0.5, 0.6) is 5.75 Å². The number of nitrogens with one attached hydrogen (secondary N) is 1. The lowest BCUT2D eigenvalue weighted by Gasteiger charge is -2.23. The third kappa shape index (κ3) is 3.98. The normalized spacial score (nSPS) is 23.3. The molecule has 2 aliphatic rings. The number of hydrogen-bond acceptors (Lipinski definition) is 4. The van der Waals surface area contributed by atoms with Crippen molar-refractivity contribution in [2.75, 3.05) is 26.2 Å². The first-order valence-electron chi connectivity index (χ1n) is 9.99. The Kier molecular flexibility index (Phi) is 6.21. The number of rotatable bonds is 8. The lowest BCUT2D eigenvalue weighted by atomic mass is 9.81. The smallest absolute Gasteiger partial charge is 0.311 e. The highest BCUT2D eigenvalue weighted by Crippen LogP contribution is 2.48. The molecule has 1 saturated heterocycles. The number of nitrogens with zero attached hydrogens (tertiary/aromatic N) is 1. The number of para-hydroxylation sites is 1. The quantitative estimate of drug-likeness (QED) is 0.666. The third-order valence-electron chi connectivity index (χ3n) is 5.93. The molecule has 0 bridgehead atoms. The number of likely N-dealkylation sites (tertiary alicyclic amines) is 1. The van der Waals surface area contributed by atoms with E-state index in [2.05, 4.69) is 5.32 Å². The van der Waals surface area contributed by atoms with Crippen LogP contribution in [0.3, 0.4) is 0 Å². The minimum Gasteiger partial charge on any atom is -0.493 e. The maximum absolute atomic E-state index is 12.5. The summed E-state index contributed by atoms with van der Waals surface area (Å²) in [6, 6.07) is 7.06. The van der Waals surface area contributed by atoms with Gasteiger partial charge in [-0.3, -0.25) is 14.4 Å². The zero-order chi connectivity index (χ0) is 20.1. The molecule has 2 fully saturated rings. The van der Waals surface area contributed by atoms with Crippen molar-refractivity contribution in [3.05, 3.63) is 29.8 Å². The molecule has 7 nitrogen and oxygen atoms in total. The van der Waals surface area contributed by atoms with Gasteiger partial charge in [0.2, 0.25) is 5.91 Å². The Morgan fingerprint density at radius 2 is 2.11 bits per heavy atom. The maximum atomic E-state index is 12.5. The van der Waals surface area contributed by atoms with Gasteiger partial charge in [0.05, 0.1) is 17.6 Å². The zero-order valence-electron chi connectivity index (χ0n) is 16.3. The average molecular weight is 388 g/mol. The van der Waals surface area contributed by atoms with Crippen LogP contribution in [-0.2, 0) is 9.59 Å². The van der Waals surface area contributed by atoms with Crippen LogP contribution in [0.1, 0.15) is 49.4 Å². The minimum absolute atomic E-state index is 0.0287. The van der Waals surface area contributed by atoms with E-state index < -0.39 is 11.4 Å². The average Bonchev–Trinajstić information content (AvgIpc) is 3.24. The van der Waals surface area contributed by atoms with Crippen LogP contribution in [0, 0.1) is 11.3 Å². The molecule has 1 aromatic carbocycles. The molecule has 1 heterocycles. The Labute approximate surface area is 165 Å².